The minimum absolute atomic E-state index is 0.425. The van der Waals surface area contributed by atoms with Crippen molar-refractivity contribution in [3.63, 3.8) is 0 Å². The second kappa shape index (κ2) is 9.88. The van der Waals surface area contributed by atoms with Crippen molar-refractivity contribution >= 4 is 29.0 Å². The predicted octanol–water partition coefficient (Wildman–Crippen LogP) is 3.12. The lowest BCUT2D eigenvalue weighted by Crippen LogP contribution is -2.06. The molecular weight excluding hydrogens is 376 g/mol. The number of carbonyl (C=O) groups excluding carboxylic acids is 1. The van der Waals surface area contributed by atoms with Crippen molar-refractivity contribution < 1.29 is 9.90 Å². The Bertz CT molecular complexity index is 1020. The first kappa shape index (κ1) is 21.4. The van der Waals surface area contributed by atoms with Gasteiger partial charge in [-0.05, 0) is 18.6 Å². The Kier molecular flexibility index (Phi) is 7.56. The number of halogens is 1. The van der Waals surface area contributed by atoms with Crippen LogP contribution in [0.5, 0.6) is 0 Å². The quantitative estimate of drug-likeness (QED) is 0.418. The van der Waals surface area contributed by atoms with E-state index in [1.165, 1.54) is 4.90 Å². The first-order chi connectivity index (χ1) is 13.3. The molecule has 3 aromatic rings. The van der Waals surface area contributed by atoms with Crippen LogP contribution in [0.3, 0.4) is 0 Å². The van der Waals surface area contributed by atoms with E-state index in [1.807, 2.05) is 42.8 Å². The number of carbonyl (C=O) groups is 1. The highest BCUT2D eigenvalue weighted by atomic mass is 35.5. The number of aryl methyl sites for hydroxylation is 1. The summed E-state index contributed by atoms with van der Waals surface area (Å²) in [5, 5.41) is 9.99. The second-order valence-corrected chi connectivity index (χ2v) is 6.75. The SMILES string of the molecule is CCC(O)C#Cc1cccc(-c2nc(Cl)cc3c2ncn3C)c1.CN(C)C=O. The summed E-state index contributed by atoms with van der Waals surface area (Å²) in [7, 11) is 5.30. The number of imidazole rings is 1. The number of hydrogen-bond donors (Lipinski definition) is 1. The summed E-state index contributed by atoms with van der Waals surface area (Å²) < 4.78 is 1.91. The first-order valence-electron chi connectivity index (χ1n) is 8.75. The van der Waals surface area contributed by atoms with Crippen molar-refractivity contribution in [1.82, 2.24) is 19.4 Å². The van der Waals surface area contributed by atoms with E-state index in [-0.39, 0.29) is 0 Å². The number of aromatic nitrogens is 3. The van der Waals surface area contributed by atoms with Crippen LogP contribution in [0, 0.1) is 11.8 Å². The van der Waals surface area contributed by atoms with Crippen molar-refractivity contribution in [1.29, 1.82) is 0 Å². The molecule has 0 aliphatic heterocycles. The molecule has 1 aromatic carbocycles. The van der Waals surface area contributed by atoms with Crippen molar-refractivity contribution in [2.45, 2.75) is 19.4 Å². The van der Waals surface area contributed by atoms with E-state index in [0.29, 0.717) is 11.6 Å². The molecule has 0 saturated carbocycles. The van der Waals surface area contributed by atoms with E-state index in [9.17, 15) is 9.90 Å². The van der Waals surface area contributed by atoms with Crippen molar-refractivity contribution in [3.05, 3.63) is 47.4 Å². The van der Waals surface area contributed by atoms with Gasteiger partial charge >= 0.3 is 0 Å². The summed E-state index contributed by atoms with van der Waals surface area (Å²) in [6.45, 7) is 1.89. The van der Waals surface area contributed by atoms with Gasteiger partial charge in [0, 0.05) is 38.3 Å². The smallest absolute Gasteiger partial charge is 0.209 e. The van der Waals surface area contributed by atoms with E-state index in [1.54, 1.807) is 26.5 Å². The van der Waals surface area contributed by atoms with Crippen molar-refractivity contribution in [3.8, 4) is 23.1 Å². The minimum atomic E-state index is -0.606. The number of amides is 1. The van der Waals surface area contributed by atoms with E-state index in [2.05, 4.69) is 21.8 Å². The maximum atomic E-state index is 9.57. The van der Waals surface area contributed by atoms with Gasteiger partial charge in [0.15, 0.2) is 0 Å². The number of pyridine rings is 1. The summed E-state index contributed by atoms with van der Waals surface area (Å²) in [4.78, 5) is 19.7. The van der Waals surface area contributed by atoms with Gasteiger partial charge < -0.3 is 14.6 Å². The van der Waals surface area contributed by atoms with Crippen LogP contribution in [-0.2, 0) is 11.8 Å². The average Bonchev–Trinajstić information content (AvgIpc) is 3.06. The molecule has 0 saturated heterocycles. The summed E-state index contributed by atoms with van der Waals surface area (Å²) in [5.74, 6) is 5.81. The Hall–Kier alpha value is -2.88. The van der Waals surface area contributed by atoms with Crippen molar-refractivity contribution in [2.75, 3.05) is 14.1 Å². The van der Waals surface area contributed by atoms with Gasteiger partial charge in [-0.15, -0.1) is 0 Å². The molecule has 7 heteroatoms. The van der Waals surface area contributed by atoms with Gasteiger partial charge in [-0.3, -0.25) is 4.79 Å². The number of aliphatic hydroxyl groups excluding tert-OH is 1. The topological polar surface area (TPSA) is 71.2 Å². The van der Waals surface area contributed by atoms with Gasteiger partial charge in [-0.2, -0.15) is 0 Å². The highest BCUT2D eigenvalue weighted by Crippen LogP contribution is 2.28. The molecule has 0 aliphatic rings. The molecule has 2 aromatic heterocycles. The van der Waals surface area contributed by atoms with Gasteiger partial charge in [0.1, 0.15) is 16.8 Å². The Morgan fingerprint density at radius 1 is 1.36 bits per heavy atom. The van der Waals surface area contributed by atoms with Crippen LogP contribution in [0.2, 0.25) is 5.15 Å². The molecule has 6 nitrogen and oxygen atoms in total. The Labute approximate surface area is 169 Å². The predicted molar refractivity (Wildman–Crippen MR) is 112 cm³/mol. The molecule has 0 spiro atoms. The summed E-state index contributed by atoms with van der Waals surface area (Å²) in [6.07, 6.45) is 2.50. The van der Waals surface area contributed by atoms with Gasteiger partial charge in [0.2, 0.25) is 6.41 Å². The van der Waals surface area contributed by atoms with Gasteiger partial charge in [-0.1, -0.05) is 42.5 Å². The number of aliphatic hydroxyl groups is 1. The molecule has 2 heterocycles. The molecule has 1 unspecified atom stereocenters. The molecule has 0 bridgehead atoms. The standard InChI is InChI=1S/C18H16ClN3O.C3H7NO/c1-3-14(23)8-7-12-5-4-6-13(9-12)17-18-15(10-16(19)21-17)22(2)11-20-18;1-4(2)3-5/h4-6,9-11,14,23H,3H2,1-2H3;3H,1-2H3. The van der Waals surface area contributed by atoms with E-state index < -0.39 is 6.10 Å². The fourth-order valence-corrected chi connectivity index (χ4v) is 2.50. The molecule has 0 fully saturated rings. The lowest BCUT2D eigenvalue weighted by Gasteiger charge is -2.05. The summed E-state index contributed by atoms with van der Waals surface area (Å²) in [5.41, 5.74) is 4.18. The molecule has 1 N–H and O–H groups in total. The highest BCUT2D eigenvalue weighted by Gasteiger charge is 2.11. The zero-order chi connectivity index (χ0) is 20.7. The van der Waals surface area contributed by atoms with Gasteiger partial charge in [-0.25, -0.2) is 9.97 Å². The first-order valence-corrected chi connectivity index (χ1v) is 9.12. The van der Waals surface area contributed by atoms with Crippen LogP contribution in [0.25, 0.3) is 22.3 Å². The largest absolute Gasteiger partial charge is 0.380 e. The minimum Gasteiger partial charge on any atom is -0.380 e. The normalized spacial score (nSPS) is 11.1. The van der Waals surface area contributed by atoms with Crippen LogP contribution in [0.1, 0.15) is 18.9 Å². The van der Waals surface area contributed by atoms with Gasteiger partial charge in [0.05, 0.1) is 17.5 Å². The maximum absolute atomic E-state index is 9.57. The average molecular weight is 399 g/mol. The fourth-order valence-electron chi connectivity index (χ4n) is 2.31. The molecule has 0 aliphatic carbocycles. The van der Waals surface area contributed by atoms with E-state index >= 15 is 0 Å². The van der Waals surface area contributed by atoms with Crippen LogP contribution >= 0.6 is 11.6 Å². The fraction of sp³-hybridized carbons (Fsp3) is 0.286. The monoisotopic (exact) mass is 398 g/mol. The number of fused-ring (bicyclic) bond motifs is 1. The number of rotatable bonds is 3. The van der Waals surface area contributed by atoms with E-state index in [4.69, 9.17) is 11.6 Å². The number of benzene rings is 1. The number of hydrogen-bond acceptors (Lipinski definition) is 4. The van der Waals surface area contributed by atoms with Crippen molar-refractivity contribution in [2.24, 2.45) is 7.05 Å². The molecule has 0 radical (unpaired) electrons. The van der Waals surface area contributed by atoms with Crippen LogP contribution in [0.4, 0.5) is 0 Å². The zero-order valence-electron chi connectivity index (χ0n) is 16.3. The summed E-state index contributed by atoms with van der Waals surface area (Å²) in [6, 6.07) is 9.50. The Morgan fingerprint density at radius 3 is 2.71 bits per heavy atom. The molecule has 146 valence electrons. The maximum Gasteiger partial charge on any atom is 0.209 e. The highest BCUT2D eigenvalue weighted by molar-refractivity contribution is 6.30. The lowest BCUT2D eigenvalue weighted by atomic mass is 10.1. The summed E-state index contributed by atoms with van der Waals surface area (Å²) >= 11 is 6.15. The molecule has 1 atom stereocenters. The lowest BCUT2D eigenvalue weighted by molar-refractivity contribution is -0.115. The third-order valence-corrected chi connectivity index (χ3v) is 3.99. The zero-order valence-corrected chi connectivity index (χ0v) is 17.1. The molecule has 28 heavy (non-hydrogen) atoms. The van der Waals surface area contributed by atoms with Crippen LogP contribution < -0.4 is 0 Å². The third-order valence-electron chi connectivity index (χ3n) is 3.80. The van der Waals surface area contributed by atoms with Crippen LogP contribution in [0.15, 0.2) is 36.7 Å². The van der Waals surface area contributed by atoms with E-state index in [0.717, 1.165) is 34.3 Å². The van der Waals surface area contributed by atoms with Crippen LogP contribution in [-0.4, -0.2) is 51.2 Å². The second-order valence-electron chi connectivity index (χ2n) is 6.36. The third kappa shape index (κ3) is 5.56. The Morgan fingerprint density at radius 2 is 2.07 bits per heavy atom. The number of nitrogens with zero attached hydrogens (tertiary/aromatic N) is 4. The van der Waals surface area contributed by atoms with Gasteiger partial charge in [0.25, 0.3) is 0 Å². The molecule has 1 amide bonds. The molecular formula is C21H23ClN4O2. The Balaban J connectivity index is 0.000000500. The molecule has 3 rings (SSSR count).